The molecule has 6 heteroatoms. The molecule has 2 aromatic rings. The van der Waals surface area contributed by atoms with Crippen LogP contribution in [0.15, 0.2) is 53.5 Å². The fraction of sp³-hybridized carbons (Fsp3) is 0.368. The largest absolute Gasteiger partial charge is 0.338 e. The zero-order chi connectivity index (χ0) is 17.8. The molecule has 2 atom stereocenters. The maximum atomic E-state index is 12.2. The number of carbonyl (C=O) groups excluding carboxylic acids is 1. The molecule has 0 unspecified atom stereocenters. The lowest BCUT2D eigenvalue weighted by Gasteiger charge is -2.19. The number of hydrogen-bond donors (Lipinski definition) is 2. The molecular formula is C19H24N4O2. The molecule has 2 N–H and O–H groups in total. The van der Waals surface area contributed by atoms with E-state index >= 15 is 0 Å². The minimum atomic E-state index is -0.343. The Morgan fingerprint density at radius 3 is 2.64 bits per heavy atom. The van der Waals surface area contributed by atoms with Crippen molar-refractivity contribution in [3.05, 3.63) is 64.6 Å². The number of nitrogens with zero attached hydrogens (tertiary/aromatic N) is 2. The van der Waals surface area contributed by atoms with Gasteiger partial charge in [0.25, 0.3) is 5.56 Å². The van der Waals surface area contributed by atoms with Crippen LogP contribution in [0.4, 0.5) is 10.5 Å². The Morgan fingerprint density at radius 2 is 1.88 bits per heavy atom. The highest BCUT2D eigenvalue weighted by Crippen LogP contribution is 2.31. The summed E-state index contributed by atoms with van der Waals surface area (Å²) in [6.45, 7) is 2.49. The van der Waals surface area contributed by atoms with Crippen molar-refractivity contribution in [3.63, 3.8) is 0 Å². The van der Waals surface area contributed by atoms with E-state index in [0.29, 0.717) is 18.4 Å². The monoisotopic (exact) mass is 340 g/mol. The van der Waals surface area contributed by atoms with Gasteiger partial charge in [0.05, 0.1) is 0 Å². The number of urea groups is 1. The maximum Gasteiger partial charge on any atom is 0.319 e. The third kappa shape index (κ3) is 4.09. The van der Waals surface area contributed by atoms with E-state index in [-0.39, 0.29) is 17.3 Å². The molecule has 25 heavy (non-hydrogen) atoms. The summed E-state index contributed by atoms with van der Waals surface area (Å²) < 4.78 is 1.44. The smallest absolute Gasteiger partial charge is 0.319 e. The molecule has 132 valence electrons. The van der Waals surface area contributed by atoms with Crippen LogP contribution in [0.5, 0.6) is 0 Å². The van der Waals surface area contributed by atoms with Gasteiger partial charge in [-0.05, 0) is 30.7 Å². The first-order chi connectivity index (χ1) is 12.0. The average Bonchev–Trinajstić information content (AvgIpc) is 2.99. The number of nitrogens with one attached hydrogen (secondary N) is 2. The highest BCUT2D eigenvalue weighted by Gasteiger charge is 2.31. The normalized spacial score (nSPS) is 20.4. The Balaban J connectivity index is 1.61. The standard InChI is InChI=1S/C19H24N4O2/c1-22-12-15(16(13-22)14-7-4-3-5-8-14)11-20-19(25)21-17-9-6-10-23(2)18(17)24/h3-10,15-16H,11-13H2,1-2H3,(H2,20,21,25)/t15-,16+/m1/s1. The molecule has 1 aliphatic heterocycles. The summed E-state index contributed by atoms with van der Waals surface area (Å²) in [5.41, 5.74) is 1.36. The fourth-order valence-corrected chi connectivity index (χ4v) is 3.45. The molecular weight excluding hydrogens is 316 g/mol. The van der Waals surface area contributed by atoms with Crippen molar-refractivity contribution in [1.29, 1.82) is 0 Å². The predicted molar refractivity (Wildman–Crippen MR) is 98.9 cm³/mol. The van der Waals surface area contributed by atoms with Crippen molar-refractivity contribution in [2.45, 2.75) is 5.92 Å². The van der Waals surface area contributed by atoms with Crippen LogP contribution in [-0.2, 0) is 7.05 Å². The minimum absolute atomic E-state index is 0.222. The summed E-state index contributed by atoms with van der Waals surface area (Å²) in [5.74, 6) is 0.743. The fourth-order valence-electron chi connectivity index (χ4n) is 3.45. The molecule has 0 radical (unpaired) electrons. The van der Waals surface area contributed by atoms with Crippen molar-refractivity contribution < 1.29 is 4.79 Å². The molecule has 1 saturated heterocycles. The lowest BCUT2D eigenvalue weighted by atomic mass is 9.89. The van der Waals surface area contributed by atoms with Crippen LogP contribution in [0.25, 0.3) is 0 Å². The van der Waals surface area contributed by atoms with Crippen LogP contribution in [0.2, 0.25) is 0 Å². The highest BCUT2D eigenvalue weighted by molar-refractivity contribution is 5.88. The number of benzene rings is 1. The van der Waals surface area contributed by atoms with E-state index in [1.807, 2.05) is 6.07 Å². The third-order valence-corrected chi connectivity index (χ3v) is 4.75. The van der Waals surface area contributed by atoms with E-state index in [0.717, 1.165) is 13.1 Å². The van der Waals surface area contributed by atoms with Gasteiger partial charge in [-0.25, -0.2) is 4.79 Å². The molecule has 3 rings (SSSR count). The summed E-state index contributed by atoms with van der Waals surface area (Å²) in [6.07, 6.45) is 1.66. The molecule has 2 heterocycles. The average molecular weight is 340 g/mol. The van der Waals surface area contributed by atoms with Gasteiger partial charge < -0.3 is 20.1 Å². The van der Waals surface area contributed by atoms with E-state index in [2.05, 4.69) is 46.8 Å². The highest BCUT2D eigenvalue weighted by atomic mass is 16.2. The van der Waals surface area contributed by atoms with Crippen molar-refractivity contribution >= 4 is 11.7 Å². The summed E-state index contributed by atoms with van der Waals surface area (Å²) in [7, 11) is 3.76. The van der Waals surface area contributed by atoms with Crippen molar-refractivity contribution in [3.8, 4) is 0 Å². The number of carbonyl (C=O) groups is 1. The topological polar surface area (TPSA) is 66.4 Å². The van der Waals surface area contributed by atoms with Gasteiger partial charge in [0.2, 0.25) is 0 Å². The molecule has 2 amide bonds. The number of hydrogen-bond acceptors (Lipinski definition) is 3. The van der Waals surface area contributed by atoms with Crippen LogP contribution in [-0.4, -0.2) is 42.2 Å². The van der Waals surface area contributed by atoms with Gasteiger partial charge in [-0.15, -0.1) is 0 Å². The van der Waals surface area contributed by atoms with Gasteiger partial charge in [-0.1, -0.05) is 30.3 Å². The van der Waals surface area contributed by atoms with Crippen LogP contribution >= 0.6 is 0 Å². The number of likely N-dealkylation sites (tertiary alicyclic amines) is 1. The minimum Gasteiger partial charge on any atom is -0.338 e. The predicted octanol–water partition coefficient (Wildman–Crippen LogP) is 1.85. The van der Waals surface area contributed by atoms with Gasteiger partial charge >= 0.3 is 6.03 Å². The van der Waals surface area contributed by atoms with Crippen LogP contribution in [0.1, 0.15) is 11.5 Å². The van der Waals surface area contributed by atoms with Gasteiger partial charge in [0.1, 0.15) is 5.69 Å². The number of likely N-dealkylation sites (N-methyl/N-ethyl adjacent to an activating group) is 1. The van der Waals surface area contributed by atoms with Crippen LogP contribution in [0, 0.1) is 5.92 Å². The molecule has 1 aliphatic rings. The Hall–Kier alpha value is -2.60. The number of amides is 2. The van der Waals surface area contributed by atoms with Crippen molar-refractivity contribution in [2.24, 2.45) is 13.0 Å². The van der Waals surface area contributed by atoms with Crippen molar-refractivity contribution in [1.82, 2.24) is 14.8 Å². The first-order valence-electron chi connectivity index (χ1n) is 8.48. The van der Waals surface area contributed by atoms with Crippen LogP contribution in [0.3, 0.4) is 0 Å². The zero-order valence-electron chi connectivity index (χ0n) is 14.6. The Morgan fingerprint density at radius 1 is 1.12 bits per heavy atom. The van der Waals surface area contributed by atoms with Gasteiger partial charge in [-0.2, -0.15) is 0 Å². The molecule has 0 saturated carbocycles. The second kappa shape index (κ2) is 7.53. The number of anilines is 1. The van der Waals surface area contributed by atoms with E-state index in [1.54, 1.807) is 25.4 Å². The van der Waals surface area contributed by atoms with Gasteiger partial charge in [-0.3, -0.25) is 4.79 Å². The Kier molecular flexibility index (Phi) is 5.19. The van der Waals surface area contributed by atoms with Crippen molar-refractivity contribution in [2.75, 3.05) is 32.0 Å². The molecule has 0 bridgehead atoms. The van der Waals surface area contributed by atoms with Gasteiger partial charge in [0.15, 0.2) is 0 Å². The maximum absolute atomic E-state index is 12.2. The molecule has 1 aromatic heterocycles. The lowest BCUT2D eigenvalue weighted by Crippen LogP contribution is -2.36. The summed E-state index contributed by atoms with van der Waals surface area (Å²) in [4.78, 5) is 26.4. The second-order valence-electron chi connectivity index (χ2n) is 6.67. The van der Waals surface area contributed by atoms with E-state index in [1.165, 1.54) is 10.1 Å². The van der Waals surface area contributed by atoms with E-state index in [9.17, 15) is 9.59 Å². The third-order valence-electron chi connectivity index (χ3n) is 4.75. The second-order valence-corrected chi connectivity index (χ2v) is 6.67. The molecule has 1 fully saturated rings. The number of aryl methyl sites for hydroxylation is 1. The first kappa shape index (κ1) is 17.2. The first-order valence-corrected chi connectivity index (χ1v) is 8.48. The summed E-state index contributed by atoms with van der Waals surface area (Å²) in [6, 6.07) is 13.4. The number of aromatic nitrogens is 1. The lowest BCUT2D eigenvalue weighted by molar-refractivity contribution is 0.249. The quantitative estimate of drug-likeness (QED) is 0.893. The molecule has 6 nitrogen and oxygen atoms in total. The SMILES string of the molecule is CN1C[C@@H](CNC(=O)Nc2cccn(C)c2=O)[C@H](c2ccccc2)C1. The Labute approximate surface area is 147 Å². The molecule has 0 aliphatic carbocycles. The molecule has 0 spiro atoms. The van der Waals surface area contributed by atoms with E-state index in [4.69, 9.17) is 0 Å². The zero-order valence-corrected chi connectivity index (χ0v) is 14.6. The Bertz CT molecular complexity index is 788. The van der Waals surface area contributed by atoms with Gasteiger partial charge in [0, 0.05) is 38.8 Å². The summed E-state index contributed by atoms with van der Waals surface area (Å²) in [5, 5.41) is 5.56. The summed E-state index contributed by atoms with van der Waals surface area (Å²) >= 11 is 0. The van der Waals surface area contributed by atoms with Crippen LogP contribution < -0.4 is 16.2 Å². The van der Waals surface area contributed by atoms with E-state index < -0.39 is 0 Å². The molecule has 1 aromatic carbocycles. The number of rotatable bonds is 4. The number of pyridine rings is 1.